The van der Waals surface area contributed by atoms with Gasteiger partial charge >= 0.3 is 0 Å². The molecule has 15 heavy (non-hydrogen) atoms. The summed E-state index contributed by atoms with van der Waals surface area (Å²) in [5, 5.41) is 7.69. The molecule has 1 saturated heterocycles. The minimum absolute atomic E-state index is 0.000828. The van der Waals surface area contributed by atoms with Crippen LogP contribution in [-0.4, -0.2) is 34.0 Å². The zero-order chi connectivity index (χ0) is 10.7. The van der Waals surface area contributed by atoms with Crippen LogP contribution in [-0.2, 0) is 11.3 Å². The lowest BCUT2D eigenvalue weighted by molar-refractivity contribution is 0.0889. The Morgan fingerprint density at radius 1 is 1.73 bits per heavy atom. The third-order valence-electron chi connectivity index (χ3n) is 2.61. The summed E-state index contributed by atoms with van der Waals surface area (Å²) in [5.41, 5.74) is 0.618. The van der Waals surface area contributed by atoms with E-state index in [9.17, 15) is 4.79 Å². The summed E-state index contributed by atoms with van der Waals surface area (Å²) < 4.78 is 6.89. The minimum Gasteiger partial charge on any atom is -0.381 e. The number of carbonyl (C=O) groups is 1. The van der Waals surface area contributed by atoms with Gasteiger partial charge in [0.05, 0.1) is 12.8 Å². The summed E-state index contributed by atoms with van der Waals surface area (Å²) in [6.07, 6.45) is 3.32. The lowest BCUT2D eigenvalue weighted by atomic mass is 10.0. The smallest absolute Gasteiger partial charge is 0.187 e. The van der Waals surface area contributed by atoms with Gasteiger partial charge in [-0.05, 0) is 12.8 Å². The van der Waals surface area contributed by atoms with Crippen LogP contribution < -0.4 is 0 Å². The standard InChI is InChI=1S/C10H15N3O2/c1-2-4-13-9(6-11-12-13)10(14)8-3-5-15-7-8/h6,8H,2-5,7H2,1H3. The van der Waals surface area contributed by atoms with Crippen LogP contribution in [0.4, 0.5) is 0 Å². The van der Waals surface area contributed by atoms with Crippen molar-refractivity contribution in [3.05, 3.63) is 11.9 Å². The second-order valence-corrected chi connectivity index (χ2v) is 3.77. The Labute approximate surface area is 88.4 Å². The number of hydrogen-bond acceptors (Lipinski definition) is 4. The molecule has 82 valence electrons. The van der Waals surface area contributed by atoms with Gasteiger partial charge in [-0.25, -0.2) is 4.68 Å². The molecule has 1 aliphatic rings. The predicted molar refractivity (Wildman–Crippen MR) is 53.6 cm³/mol. The van der Waals surface area contributed by atoms with Gasteiger partial charge in [0.1, 0.15) is 5.69 Å². The number of rotatable bonds is 4. The molecule has 2 rings (SSSR count). The molecule has 0 radical (unpaired) electrons. The van der Waals surface area contributed by atoms with E-state index in [1.165, 1.54) is 0 Å². The van der Waals surface area contributed by atoms with Gasteiger partial charge < -0.3 is 4.74 Å². The number of hydrogen-bond donors (Lipinski definition) is 0. The molecule has 0 bridgehead atoms. The molecule has 0 N–H and O–H groups in total. The molecular weight excluding hydrogens is 194 g/mol. The number of aryl methyl sites for hydroxylation is 1. The zero-order valence-electron chi connectivity index (χ0n) is 8.85. The zero-order valence-corrected chi connectivity index (χ0v) is 8.85. The maximum atomic E-state index is 12.0. The fourth-order valence-corrected chi connectivity index (χ4v) is 1.78. The highest BCUT2D eigenvalue weighted by molar-refractivity contribution is 5.96. The van der Waals surface area contributed by atoms with E-state index in [-0.39, 0.29) is 11.7 Å². The molecule has 0 aromatic carbocycles. The summed E-state index contributed by atoms with van der Waals surface area (Å²) in [6, 6.07) is 0. The quantitative estimate of drug-likeness (QED) is 0.691. The van der Waals surface area contributed by atoms with E-state index in [4.69, 9.17) is 4.74 Å². The lowest BCUT2D eigenvalue weighted by Gasteiger charge is -2.07. The lowest BCUT2D eigenvalue weighted by Crippen LogP contribution is -2.19. The van der Waals surface area contributed by atoms with Gasteiger partial charge in [-0.2, -0.15) is 0 Å². The number of ether oxygens (including phenoxy) is 1. The molecule has 0 spiro atoms. The second kappa shape index (κ2) is 4.53. The molecule has 1 aliphatic heterocycles. The Kier molecular flexibility index (Phi) is 3.11. The van der Waals surface area contributed by atoms with Gasteiger partial charge in [-0.15, -0.1) is 5.10 Å². The highest BCUT2D eigenvalue weighted by Crippen LogP contribution is 2.17. The molecule has 0 aliphatic carbocycles. The summed E-state index contributed by atoms with van der Waals surface area (Å²) in [4.78, 5) is 12.0. The van der Waals surface area contributed by atoms with Crippen LogP contribution in [0, 0.1) is 5.92 Å². The van der Waals surface area contributed by atoms with Crippen molar-refractivity contribution in [1.82, 2.24) is 15.0 Å². The Morgan fingerprint density at radius 3 is 3.27 bits per heavy atom. The third-order valence-corrected chi connectivity index (χ3v) is 2.61. The second-order valence-electron chi connectivity index (χ2n) is 3.77. The van der Waals surface area contributed by atoms with E-state index in [1.807, 2.05) is 0 Å². The summed E-state index contributed by atoms with van der Waals surface area (Å²) in [5.74, 6) is 0.116. The normalized spacial score (nSPS) is 20.7. The van der Waals surface area contributed by atoms with E-state index in [1.54, 1.807) is 10.9 Å². The van der Waals surface area contributed by atoms with Crippen molar-refractivity contribution >= 4 is 5.78 Å². The largest absolute Gasteiger partial charge is 0.381 e. The van der Waals surface area contributed by atoms with Crippen molar-refractivity contribution in [3.63, 3.8) is 0 Å². The minimum atomic E-state index is -0.000828. The van der Waals surface area contributed by atoms with Crippen molar-refractivity contribution in [2.75, 3.05) is 13.2 Å². The van der Waals surface area contributed by atoms with Crippen molar-refractivity contribution in [3.8, 4) is 0 Å². The first kappa shape index (κ1) is 10.3. The van der Waals surface area contributed by atoms with Crippen LogP contribution in [0.15, 0.2) is 6.20 Å². The Bertz CT molecular complexity index is 342. The Balaban J connectivity index is 2.13. The van der Waals surface area contributed by atoms with Crippen molar-refractivity contribution in [2.24, 2.45) is 5.92 Å². The van der Waals surface area contributed by atoms with Crippen LogP contribution >= 0.6 is 0 Å². The molecule has 2 heterocycles. The van der Waals surface area contributed by atoms with Crippen molar-refractivity contribution in [2.45, 2.75) is 26.3 Å². The fraction of sp³-hybridized carbons (Fsp3) is 0.700. The first-order chi connectivity index (χ1) is 7.33. The number of Topliss-reactive ketones (excluding diaryl/α,β-unsaturated/α-hetero) is 1. The average Bonchev–Trinajstić information content (AvgIpc) is 2.87. The molecular formula is C10H15N3O2. The van der Waals surface area contributed by atoms with Crippen LogP contribution in [0.3, 0.4) is 0 Å². The molecule has 1 aromatic rings. The third kappa shape index (κ3) is 2.07. The van der Waals surface area contributed by atoms with Crippen LogP contribution in [0.25, 0.3) is 0 Å². The maximum absolute atomic E-state index is 12.0. The van der Waals surface area contributed by atoms with Gasteiger partial charge in [0.2, 0.25) is 0 Å². The van der Waals surface area contributed by atoms with Gasteiger partial charge in [0, 0.05) is 19.1 Å². The van der Waals surface area contributed by atoms with E-state index < -0.39 is 0 Å². The van der Waals surface area contributed by atoms with E-state index >= 15 is 0 Å². The molecule has 1 atom stereocenters. The monoisotopic (exact) mass is 209 g/mol. The predicted octanol–water partition coefficient (Wildman–Crippen LogP) is 0.907. The van der Waals surface area contributed by atoms with E-state index in [2.05, 4.69) is 17.2 Å². The number of nitrogens with zero attached hydrogens (tertiary/aromatic N) is 3. The molecule has 1 aromatic heterocycles. The van der Waals surface area contributed by atoms with Crippen LogP contribution in [0.2, 0.25) is 0 Å². The number of ketones is 1. The van der Waals surface area contributed by atoms with Gasteiger partial charge in [-0.3, -0.25) is 4.79 Å². The van der Waals surface area contributed by atoms with Crippen molar-refractivity contribution < 1.29 is 9.53 Å². The maximum Gasteiger partial charge on any atom is 0.187 e. The van der Waals surface area contributed by atoms with E-state index in [0.717, 1.165) is 19.4 Å². The first-order valence-electron chi connectivity index (χ1n) is 5.33. The molecule has 1 fully saturated rings. The van der Waals surface area contributed by atoms with Crippen LogP contribution in [0.5, 0.6) is 0 Å². The van der Waals surface area contributed by atoms with Gasteiger partial charge in [-0.1, -0.05) is 12.1 Å². The molecule has 0 amide bonds. The topological polar surface area (TPSA) is 57.0 Å². The summed E-state index contributed by atoms with van der Waals surface area (Å²) >= 11 is 0. The number of carbonyl (C=O) groups excluding carboxylic acids is 1. The van der Waals surface area contributed by atoms with Gasteiger partial charge in [0.15, 0.2) is 5.78 Å². The first-order valence-corrected chi connectivity index (χ1v) is 5.33. The summed E-state index contributed by atoms with van der Waals surface area (Å²) in [6.45, 7) is 4.02. The van der Waals surface area contributed by atoms with Crippen molar-refractivity contribution in [1.29, 1.82) is 0 Å². The highest BCUT2D eigenvalue weighted by atomic mass is 16.5. The van der Waals surface area contributed by atoms with Gasteiger partial charge in [0.25, 0.3) is 0 Å². The van der Waals surface area contributed by atoms with Crippen LogP contribution in [0.1, 0.15) is 30.3 Å². The summed E-state index contributed by atoms with van der Waals surface area (Å²) in [7, 11) is 0. The fourth-order valence-electron chi connectivity index (χ4n) is 1.78. The average molecular weight is 209 g/mol. The Hall–Kier alpha value is -1.23. The Morgan fingerprint density at radius 2 is 2.60 bits per heavy atom. The van der Waals surface area contributed by atoms with E-state index in [0.29, 0.717) is 18.9 Å². The molecule has 1 unspecified atom stereocenters. The SMILES string of the molecule is CCCn1nncc1C(=O)C1CCOC1. The highest BCUT2D eigenvalue weighted by Gasteiger charge is 2.27. The number of aromatic nitrogens is 3. The molecule has 0 saturated carbocycles. The molecule has 5 heteroatoms. The molecule has 5 nitrogen and oxygen atoms in total.